The van der Waals surface area contributed by atoms with Gasteiger partial charge in [0.05, 0.1) is 0 Å². The first-order valence-electron chi connectivity index (χ1n) is 10.6. The molecule has 1 nitrogen and oxygen atoms in total. The maximum absolute atomic E-state index is 14.5. The highest BCUT2D eigenvalue weighted by Crippen LogP contribution is 2.29. The van der Waals surface area contributed by atoms with Crippen LogP contribution in [0, 0.1) is 23.3 Å². The largest absolute Gasteiger partial charge is 0.489 e. The average molecular weight is 430 g/mol. The first kappa shape index (κ1) is 22.9. The zero-order chi connectivity index (χ0) is 22.4. The summed E-state index contributed by atoms with van der Waals surface area (Å²) in [6.45, 7) is 3.77. The predicted molar refractivity (Wildman–Crippen MR) is 115 cm³/mol. The molecule has 0 saturated carbocycles. The van der Waals surface area contributed by atoms with E-state index >= 15 is 0 Å². The van der Waals surface area contributed by atoms with E-state index in [0.29, 0.717) is 35.3 Å². The van der Waals surface area contributed by atoms with Gasteiger partial charge in [-0.25, -0.2) is 17.6 Å². The van der Waals surface area contributed by atoms with Crippen molar-refractivity contribution in [3.8, 4) is 16.9 Å². The lowest BCUT2D eigenvalue weighted by atomic mass is 10.00. The fourth-order valence-electron chi connectivity index (χ4n) is 3.47. The van der Waals surface area contributed by atoms with E-state index in [2.05, 4.69) is 0 Å². The van der Waals surface area contributed by atoms with Crippen LogP contribution in [-0.4, -0.2) is 0 Å². The van der Waals surface area contributed by atoms with Crippen molar-refractivity contribution in [3.05, 3.63) is 88.5 Å². The van der Waals surface area contributed by atoms with Crippen molar-refractivity contribution in [2.24, 2.45) is 0 Å². The van der Waals surface area contributed by atoms with Crippen LogP contribution in [-0.2, 0) is 19.4 Å². The number of halogens is 4. The molecule has 0 aliphatic heterocycles. The molecule has 0 radical (unpaired) electrons. The summed E-state index contributed by atoms with van der Waals surface area (Å²) in [4.78, 5) is 0. The van der Waals surface area contributed by atoms with Gasteiger partial charge in [-0.3, -0.25) is 0 Å². The molecule has 0 aliphatic rings. The van der Waals surface area contributed by atoms with E-state index in [4.69, 9.17) is 4.74 Å². The molecule has 0 amide bonds. The summed E-state index contributed by atoms with van der Waals surface area (Å²) < 4.78 is 62.8. The number of benzene rings is 3. The van der Waals surface area contributed by atoms with Gasteiger partial charge in [0.1, 0.15) is 12.4 Å². The molecular weight excluding hydrogens is 404 g/mol. The van der Waals surface area contributed by atoms with Crippen LogP contribution in [0.25, 0.3) is 11.1 Å². The highest BCUT2D eigenvalue weighted by atomic mass is 19.2. The van der Waals surface area contributed by atoms with Crippen molar-refractivity contribution >= 4 is 0 Å². The molecule has 0 aromatic heterocycles. The highest BCUT2D eigenvalue weighted by molar-refractivity contribution is 5.65. The highest BCUT2D eigenvalue weighted by Gasteiger charge is 2.15. The predicted octanol–water partition coefficient (Wildman–Crippen LogP) is 7.78. The molecule has 3 aromatic carbocycles. The lowest BCUT2D eigenvalue weighted by molar-refractivity contribution is 0.297. The Kier molecular flexibility index (Phi) is 7.72. The van der Waals surface area contributed by atoms with E-state index in [-0.39, 0.29) is 17.7 Å². The summed E-state index contributed by atoms with van der Waals surface area (Å²) in [6, 6.07) is 12.7. The minimum atomic E-state index is -0.900. The van der Waals surface area contributed by atoms with Crippen LogP contribution in [0.4, 0.5) is 17.6 Å². The molecule has 31 heavy (non-hydrogen) atoms. The van der Waals surface area contributed by atoms with Crippen LogP contribution in [0.2, 0.25) is 0 Å². The first-order valence-corrected chi connectivity index (χ1v) is 10.6. The molecule has 0 N–H and O–H groups in total. The smallest absolute Gasteiger partial charge is 0.166 e. The van der Waals surface area contributed by atoms with Gasteiger partial charge in [0.2, 0.25) is 0 Å². The second-order valence-corrected chi connectivity index (χ2v) is 7.58. The molecule has 0 atom stereocenters. The minimum Gasteiger partial charge on any atom is -0.489 e. The van der Waals surface area contributed by atoms with Gasteiger partial charge < -0.3 is 4.74 Å². The van der Waals surface area contributed by atoms with Crippen LogP contribution >= 0.6 is 0 Å². The molecule has 3 aromatic rings. The number of hydrogen-bond donors (Lipinski definition) is 0. The van der Waals surface area contributed by atoms with Gasteiger partial charge in [-0.05, 0) is 48.1 Å². The fourth-order valence-corrected chi connectivity index (χ4v) is 3.47. The van der Waals surface area contributed by atoms with Crippen LogP contribution in [0.15, 0.2) is 48.5 Å². The summed E-state index contributed by atoms with van der Waals surface area (Å²) in [7, 11) is 0. The average Bonchev–Trinajstić information content (AvgIpc) is 2.78. The SMILES string of the molecule is CCCCc1ccc(-c2ccc(OCc3ccc(CCC)c(F)c3F)cc2)c(F)c1F. The van der Waals surface area contributed by atoms with Crippen molar-refractivity contribution in [1.29, 1.82) is 0 Å². The third-order valence-electron chi connectivity index (χ3n) is 5.28. The summed E-state index contributed by atoms with van der Waals surface area (Å²) >= 11 is 0. The molecule has 0 spiro atoms. The number of aryl methyl sites for hydroxylation is 2. The second-order valence-electron chi connectivity index (χ2n) is 7.58. The van der Waals surface area contributed by atoms with E-state index in [0.717, 1.165) is 19.3 Å². The van der Waals surface area contributed by atoms with Crippen LogP contribution in [0.3, 0.4) is 0 Å². The molecule has 0 heterocycles. The molecule has 0 aliphatic carbocycles. The molecular formula is C26H26F4O. The lowest BCUT2D eigenvalue weighted by Crippen LogP contribution is -2.03. The first-order chi connectivity index (χ1) is 15.0. The van der Waals surface area contributed by atoms with Crippen LogP contribution < -0.4 is 4.74 Å². The Hall–Kier alpha value is -2.82. The molecule has 164 valence electrons. The van der Waals surface area contributed by atoms with Gasteiger partial charge in [-0.1, -0.05) is 63.1 Å². The summed E-state index contributed by atoms with van der Waals surface area (Å²) in [6.07, 6.45) is 3.41. The summed E-state index contributed by atoms with van der Waals surface area (Å²) in [5.41, 5.74) is 1.53. The van der Waals surface area contributed by atoms with Gasteiger partial charge in [-0.15, -0.1) is 0 Å². The van der Waals surface area contributed by atoms with Gasteiger partial charge >= 0.3 is 0 Å². The maximum atomic E-state index is 14.5. The minimum absolute atomic E-state index is 0.122. The third-order valence-corrected chi connectivity index (χ3v) is 5.28. The zero-order valence-electron chi connectivity index (χ0n) is 17.8. The summed E-state index contributed by atoms with van der Waals surface area (Å²) in [5.74, 6) is -3.00. The number of ether oxygens (including phenoxy) is 1. The van der Waals surface area contributed by atoms with Crippen molar-refractivity contribution in [2.75, 3.05) is 0 Å². The number of hydrogen-bond acceptors (Lipinski definition) is 1. The van der Waals surface area contributed by atoms with E-state index in [9.17, 15) is 17.6 Å². The Labute approximate surface area is 180 Å². The molecule has 0 saturated heterocycles. The van der Waals surface area contributed by atoms with Crippen LogP contribution in [0.1, 0.15) is 49.8 Å². The van der Waals surface area contributed by atoms with E-state index in [1.54, 1.807) is 42.5 Å². The second kappa shape index (κ2) is 10.5. The van der Waals surface area contributed by atoms with Gasteiger partial charge in [-0.2, -0.15) is 0 Å². The van der Waals surface area contributed by atoms with Crippen molar-refractivity contribution < 1.29 is 22.3 Å². The van der Waals surface area contributed by atoms with Crippen LogP contribution in [0.5, 0.6) is 5.75 Å². The Bertz CT molecular complexity index is 1030. The fraction of sp³-hybridized carbons (Fsp3) is 0.308. The molecule has 0 fully saturated rings. The van der Waals surface area contributed by atoms with E-state index < -0.39 is 23.3 Å². The lowest BCUT2D eigenvalue weighted by Gasteiger charge is -2.11. The summed E-state index contributed by atoms with van der Waals surface area (Å²) in [5, 5.41) is 0. The van der Waals surface area contributed by atoms with Gasteiger partial charge in [0, 0.05) is 11.1 Å². The van der Waals surface area contributed by atoms with Crippen molar-refractivity contribution in [1.82, 2.24) is 0 Å². The van der Waals surface area contributed by atoms with E-state index in [1.165, 1.54) is 6.07 Å². The zero-order valence-corrected chi connectivity index (χ0v) is 17.8. The maximum Gasteiger partial charge on any atom is 0.166 e. The van der Waals surface area contributed by atoms with Crippen molar-refractivity contribution in [2.45, 2.75) is 52.6 Å². The molecule has 0 bridgehead atoms. The Morgan fingerprint density at radius 2 is 1.19 bits per heavy atom. The van der Waals surface area contributed by atoms with Gasteiger partial charge in [0.25, 0.3) is 0 Å². The number of unbranched alkanes of at least 4 members (excludes halogenated alkanes) is 1. The molecule has 5 heteroatoms. The standard InChI is InChI=1S/C26H26F4O/c1-3-5-7-19-12-15-22(26(30)24(19)28)17-10-13-21(14-11-17)31-16-20-9-8-18(6-4-2)23(27)25(20)29/h8-15H,3-7,16H2,1-2H3. The topological polar surface area (TPSA) is 9.23 Å². The normalized spacial score (nSPS) is 11.0. The van der Waals surface area contributed by atoms with Gasteiger partial charge in [0.15, 0.2) is 23.3 Å². The monoisotopic (exact) mass is 430 g/mol. The van der Waals surface area contributed by atoms with Crippen molar-refractivity contribution in [3.63, 3.8) is 0 Å². The Morgan fingerprint density at radius 3 is 1.87 bits per heavy atom. The number of rotatable bonds is 9. The Balaban J connectivity index is 1.71. The Morgan fingerprint density at radius 1 is 0.613 bits per heavy atom. The quantitative estimate of drug-likeness (QED) is 0.315. The molecule has 3 rings (SSSR count). The van der Waals surface area contributed by atoms with E-state index in [1.807, 2.05) is 13.8 Å². The third kappa shape index (κ3) is 5.27. The molecule has 0 unspecified atom stereocenters.